The number of carbonyl (C=O) groups excluding carboxylic acids is 1. The SMILES string of the molecule is CCN(C(=O)c1cocn1)c1sc(-c2cccnc2)nc1Cl. The normalized spacial score (nSPS) is 10.6. The van der Waals surface area contributed by atoms with E-state index in [1.165, 1.54) is 28.9 Å². The van der Waals surface area contributed by atoms with Crippen LogP contribution in [0.4, 0.5) is 5.00 Å². The van der Waals surface area contributed by atoms with E-state index >= 15 is 0 Å². The number of carbonyl (C=O) groups is 1. The zero-order valence-electron chi connectivity index (χ0n) is 11.6. The number of hydrogen-bond donors (Lipinski definition) is 0. The molecule has 3 heterocycles. The number of rotatable bonds is 4. The molecule has 0 aliphatic carbocycles. The fourth-order valence-electron chi connectivity index (χ4n) is 1.91. The van der Waals surface area contributed by atoms with E-state index in [1.807, 2.05) is 19.1 Å². The summed E-state index contributed by atoms with van der Waals surface area (Å²) in [5, 5.41) is 1.57. The lowest BCUT2D eigenvalue weighted by Gasteiger charge is -2.17. The molecule has 22 heavy (non-hydrogen) atoms. The second-order valence-electron chi connectivity index (χ2n) is 4.28. The fourth-order valence-corrected chi connectivity index (χ4v) is 3.27. The topological polar surface area (TPSA) is 72.1 Å². The number of nitrogens with zero attached hydrogens (tertiary/aromatic N) is 4. The van der Waals surface area contributed by atoms with Gasteiger partial charge in [-0.2, -0.15) is 0 Å². The Morgan fingerprint density at radius 2 is 2.36 bits per heavy atom. The van der Waals surface area contributed by atoms with Crippen molar-refractivity contribution in [1.29, 1.82) is 0 Å². The first-order valence-electron chi connectivity index (χ1n) is 6.47. The van der Waals surface area contributed by atoms with Gasteiger partial charge < -0.3 is 4.42 Å². The van der Waals surface area contributed by atoms with E-state index < -0.39 is 0 Å². The molecule has 6 nitrogen and oxygen atoms in total. The minimum absolute atomic E-state index is 0.231. The Morgan fingerprint density at radius 1 is 1.50 bits per heavy atom. The standard InChI is InChI=1S/C14H11ClN4O2S/c1-2-19(13(20)10-7-21-8-17-10)14-11(15)18-12(22-14)9-4-3-5-16-6-9/h3-8H,2H2,1H3. The lowest BCUT2D eigenvalue weighted by molar-refractivity contribution is 0.0984. The van der Waals surface area contributed by atoms with Gasteiger partial charge in [0.1, 0.15) is 16.3 Å². The molecular weight excluding hydrogens is 324 g/mol. The maximum atomic E-state index is 12.4. The first-order chi connectivity index (χ1) is 10.7. The smallest absolute Gasteiger partial charge is 0.280 e. The Morgan fingerprint density at radius 3 is 3.00 bits per heavy atom. The van der Waals surface area contributed by atoms with Crippen LogP contribution in [0.3, 0.4) is 0 Å². The molecule has 0 fully saturated rings. The first-order valence-corrected chi connectivity index (χ1v) is 7.67. The van der Waals surface area contributed by atoms with Gasteiger partial charge in [0.05, 0.1) is 0 Å². The van der Waals surface area contributed by atoms with Gasteiger partial charge in [-0.25, -0.2) is 9.97 Å². The van der Waals surface area contributed by atoms with Gasteiger partial charge in [-0.3, -0.25) is 14.7 Å². The zero-order valence-corrected chi connectivity index (χ0v) is 13.1. The Bertz CT molecular complexity index is 774. The summed E-state index contributed by atoms with van der Waals surface area (Å²) < 4.78 is 4.86. The molecule has 1 amide bonds. The molecule has 8 heteroatoms. The highest BCUT2D eigenvalue weighted by Crippen LogP contribution is 2.37. The number of aromatic nitrogens is 3. The van der Waals surface area contributed by atoms with Gasteiger partial charge >= 0.3 is 0 Å². The minimum atomic E-state index is -0.278. The van der Waals surface area contributed by atoms with E-state index in [9.17, 15) is 4.79 Å². The summed E-state index contributed by atoms with van der Waals surface area (Å²) in [5.41, 5.74) is 1.08. The maximum Gasteiger partial charge on any atom is 0.280 e. The second-order valence-corrected chi connectivity index (χ2v) is 5.62. The summed E-state index contributed by atoms with van der Waals surface area (Å²) in [7, 11) is 0. The molecule has 0 bridgehead atoms. The molecule has 0 unspecified atom stereocenters. The molecule has 0 radical (unpaired) electrons. The van der Waals surface area contributed by atoms with Crippen molar-refractivity contribution in [2.45, 2.75) is 6.92 Å². The van der Waals surface area contributed by atoms with Crippen molar-refractivity contribution in [2.24, 2.45) is 0 Å². The van der Waals surface area contributed by atoms with Crippen LogP contribution >= 0.6 is 22.9 Å². The monoisotopic (exact) mass is 334 g/mol. The summed E-state index contributed by atoms with van der Waals surface area (Å²) in [6, 6.07) is 3.71. The Labute approximate surface area is 135 Å². The predicted molar refractivity (Wildman–Crippen MR) is 84.2 cm³/mol. The average Bonchev–Trinajstić information content (AvgIpc) is 3.19. The molecule has 0 aliphatic rings. The maximum absolute atomic E-state index is 12.4. The van der Waals surface area contributed by atoms with Crippen molar-refractivity contribution in [1.82, 2.24) is 15.0 Å². The van der Waals surface area contributed by atoms with E-state index in [1.54, 1.807) is 12.4 Å². The van der Waals surface area contributed by atoms with Gasteiger partial charge in [0.25, 0.3) is 5.91 Å². The Kier molecular flexibility index (Phi) is 4.17. The molecule has 3 rings (SSSR count). The average molecular weight is 335 g/mol. The number of halogens is 1. The molecule has 112 valence electrons. The molecule has 0 saturated carbocycles. The summed E-state index contributed by atoms with van der Waals surface area (Å²) in [4.78, 5) is 26.2. The molecule has 0 aliphatic heterocycles. The van der Waals surface area contributed by atoms with Crippen LogP contribution in [-0.4, -0.2) is 27.4 Å². The van der Waals surface area contributed by atoms with Gasteiger partial charge in [0.15, 0.2) is 17.2 Å². The number of pyridine rings is 1. The van der Waals surface area contributed by atoms with Crippen LogP contribution in [0, 0.1) is 0 Å². The van der Waals surface area contributed by atoms with Crippen molar-refractivity contribution in [2.75, 3.05) is 11.4 Å². The number of oxazole rings is 1. The van der Waals surface area contributed by atoms with Crippen LogP contribution < -0.4 is 4.90 Å². The van der Waals surface area contributed by atoms with Crippen LogP contribution in [0.1, 0.15) is 17.4 Å². The Hall–Kier alpha value is -2.25. The van der Waals surface area contributed by atoms with Crippen LogP contribution in [0.5, 0.6) is 0 Å². The van der Waals surface area contributed by atoms with Crippen molar-refractivity contribution in [3.63, 3.8) is 0 Å². The van der Waals surface area contributed by atoms with E-state index in [0.29, 0.717) is 16.6 Å². The highest BCUT2D eigenvalue weighted by Gasteiger charge is 2.24. The van der Waals surface area contributed by atoms with Gasteiger partial charge in [0, 0.05) is 24.5 Å². The van der Waals surface area contributed by atoms with Crippen molar-refractivity contribution >= 4 is 33.8 Å². The first kappa shape index (κ1) is 14.7. The number of thiazole rings is 1. The van der Waals surface area contributed by atoms with Gasteiger partial charge in [-0.15, -0.1) is 0 Å². The molecule has 0 saturated heterocycles. The third kappa shape index (κ3) is 2.72. The predicted octanol–water partition coefficient (Wildman–Crippen LogP) is 3.51. The minimum Gasteiger partial charge on any atom is -0.451 e. The molecule has 3 aromatic heterocycles. The quantitative estimate of drug-likeness (QED) is 0.730. The van der Waals surface area contributed by atoms with E-state index in [4.69, 9.17) is 16.0 Å². The van der Waals surface area contributed by atoms with Crippen LogP contribution in [0.25, 0.3) is 10.6 Å². The summed E-state index contributed by atoms with van der Waals surface area (Å²) >= 11 is 7.55. The third-order valence-corrected chi connectivity index (χ3v) is 4.44. The van der Waals surface area contributed by atoms with Crippen LogP contribution in [-0.2, 0) is 0 Å². The van der Waals surface area contributed by atoms with E-state index in [-0.39, 0.29) is 16.8 Å². The number of hydrogen-bond acceptors (Lipinski definition) is 6. The van der Waals surface area contributed by atoms with Crippen molar-refractivity contribution in [3.05, 3.63) is 48.0 Å². The van der Waals surface area contributed by atoms with E-state index in [0.717, 1.165) is 5.56 Å². The summed E-state index contributed by atoms with van der Waals surface area (Å²) in [6.45, 7) is 2.30. The zero-order chi connectivity index (χ0) is 15.5. The Balaban J connectivity index is 1.97. The molecule has 0 aromatic carbocycles. The summed E-state index contributed by atoms with van der Waals surface area (Å²) in [5.74, 6) is -0.278. The summed E-state index contributed by atoms with van der Waals surface area (Å²) in [6.07, 6.45) is 5.92. The van der Waals surface area contributed by atoms with Gasteiger partial charge in [0.2, 0.25) is 0 Å². The van der Waals surface area contributed by atoms with Crippen LogP contribution in [0.15, 0.2) is 41.6 Å². The van der Waals surface area contributed by atoms with Crippen molar-refractivity contribution < 1.29 is 9.21 Å². The van der Waals surface area contributed by atoms with Crippen LogP contribution in [0.2, 0.25) is 5.15 Å². The van der Waals surface area contributed by atoms with Gasteiger partial charge in [-0.1, -0.05) is 22.9 Å². The lowest BCUT2D eigenvalue weighted by Crippen LogP contribution is -2.30. The number of anilines is 1. The highest BCUT2D eigenvalue weighted by atomic mass is 35.5. The van der Waals surface area contributed by atoms with Crippen molar-refractivity contribution in [3.8, 4) is 10.6 Å². The fraction of sp³-hybridized carbons (Fsp3) is 0.143. The second kappa shape index (κ2) is 6.25. The highest BCUT2D eigenvalue weighted by molar-refractivity contribution is 7.19. The van der Waals surface area contributed by atoms with E-state index in [2.05, 4.69) is 15.0 Å². The molecule has 0 spiro atoms. The molecule has 3 aromatic rings. The third-order valence-electron chi connectivity index (χ3n) is 2.94. The van der Waals surface area contributed by atoms with Gasteiger partial charge in [-0.05, 0) is 19.1 Å². The largest absolute Gasteiger partial charge is 0.451 e. The number of amides is 1. The molecule has 0 atom stereocenters. The molecule has 0 N–H and O–H groups in total. The lowest BCUT2D eigenvalue weighted by atomic mass is 10.3. The molecular formula is C14H11ClN4O2S.